The van der Waals surface area contributed by atoms with Crippen molar-refractivity contribution in [2.75, 3.05) is 6.54 Å². The lowest BCUT2D eigenvalue weighted by molar-refractivity contribution is 0.213. The van der Waals surface area contributed by atoms with Gasteiger partial charge in [-0.2, -0.15) is 5.26 Å². The summed E-state index contributed by atoms with van der Waals surface area (Å²) in [5.41, 5.74) is 1.25. The van der Waals surface area contributed by atoms with Crippen LogP contribution in [0.3, 0.4) is 0 Å². The molecule has 0 spiro atoms. The topological polar surface area (TPSA) is 27.0 Å². The lowest BCUT2D eigenvalue weighted by Crippen LogP contribution is -2.31. The van der Waals surface area contributed by atoms with Gasteiger partial charge in [-0.1, -0.05) is 6.92 Å². The minimum Gasteiger partial charge on any atom is -0.297 e. The predicted octanol–water partition coefficient (Wildman–Crippen LogP) is 3.32. The van der Waals surface area contributed by atoms with Gasteiger partial charge in [-0.25, -0.2) is 4.39 Å². The number of rotatable bonds is 5. The Bertz CT molecular complexity index is 407. The van der Waals surface area contributed by atoms with Crippen LogP contribution >= 0.6 is 0 Å². The molecule has 1 rings (SSSR count). The van der Waals surface area contributed by atoms with E-state index in [4.69, 9.17) is 5.26 Å². The van der Waals surface area contributed by atoms with Crippen LogP contribution < -0.4 is 0 Å². The van der Waals surface area contributed by atoms with Crippen LogP contribution in [0.2, 0.25) is 0 Å². The van der Waals surface area contributed by atoms with Gasteiger partial charge in [0, 0.05) is 12.6 Å². The van der Waals surface area contributed by atoms with Gasteiger partial charge < -0.3 is 0 Å². The van der Waals surface area contributed by atoms with Gasteiger partial charge in [-0.15, -0.1) is 0 Å². The van der Waals surface area contributed by atoms with Gasteiger partial charge in [-0.3, -0.25) is 4.90 Å². The first-order valence-corrected chi connectivity index (χ1v) is 6.00. The number of halogens is 1. The fraction of sp³-hybridized carbons (Fsp3) is 0.500. The molecular formula is C14H19FN2. The van der Waals surface area contributed by atoms with E-state index in [1.165, 1.54) is 12.1 Å². The molecule has 0 bridgehead atoms. The van der Waals surface area contributed by atoms with Crippen molar-refractivity contribution in [1.82, 2.24) is 4.90 Å². The SMILES string of the molecule is CCCN(Cc1cc(F)cc(C#N)c1)C(C)C. The first kappa shape index (κ1) is 13.7. The van der Waals surface area contributed by atoms with Crippen molar-refractivity contribution in [2.24, 2.45) is 0 Å². The summed E-state index contributed by atoms with van der Waals surface area (Å²) in [6.07, 6.45) is 1.07. The average Bonchev–Trinajstić information content (AvgIpc) is 2.27. The summed E-state index contributed by atoms with van der Waals surface area (Å²) in [7, 11) is 0. The summed E-state index contributed by atoms with van der Waals surface area (Å²) in [6.45, 7) is 8.05. The third-order valence-corrected chi connectivity index (χ3v) is 2.71. The Morgan fingerprint density at radius 1 is 1.35 bits per heavy atom. The molecule has 1 aromatic carbocycles. The molecule has 0 fully saturated rings. The predicted molar refractivity (Wildman–Crippen MR) is 67.0 cm³/mol. The molecule has 0 radical (unpaired) electrons. The quantitative estimate of drug-likeness (QED) is 0.781. The molecule has 0 heterocycles. The maximum atomic E-state index is 13.3. The van der Waals surface area contributed by atoms with Crippen LogP contribution in [0, 0.1) is 17.1 Å². The molecule has 0 atom stereocenters. The van der Waals surface area contributed by atoms with Crippen LogP contribution in [-0.4, -0.2) is 17.5 Å². The standard InChI is InChI=1S/C14H19FN2/c1-4-5-17(11(2)3)10-13-6-12(9-16)7-14(15)8-13/h6-8,11H,4-5,10H2,1-3H3. The molecule has 92 valence electrons. The summed E-state index contributed by atoms with van der Waals surface area (Å²) in [4.78, 5) is 2.27. The van der Waals surface area contributed by atoms with Gasteiger partial charge in [0.15, 0.2) is 0 Å². The molecule has 0 unspecified atom stereocenters. The van der Waals surface area contributed by atoms with E-state index in [9.17, 15) is 4.39 Å². The second kappa shape index (κ2) is 6.36. The second-order valence-corrected chi connectivity index (χ2v) is 4.52. The zero-order chi connectivity index (χ0) is 12.8. The molecule has 0 aromatic heterocycles. The van der Waals surface area contributed by atoms with Gasteiger partial charge in [0.05, 0.1) is 11.6 Å². The van der Waals surface area contributed by atoms with Gasteiger partial charge in [0.25, 0.3) is 0 Å². The molecule has 0 N–H and O–H groups in total. The van der Waals surface area contributed by atoms with Crippen molar-refractivity contribution < 1.29 is 4.39 Å². The van der Waals surface area contributed by atoms with E-state index in [-0.39, 0.29) is 5.82 Å². The molecule has 2 nitrogen and oxygen atoms in total. The zero-order valence-corrected chi connectivity index (χ0v) is 10.7. The summed E-state index contributed by atoms with van der Waals surface area (Å²) in [5, 5.41) is 8.80. The largest absolute Gasteiger partial charge is 0.297 e. The van der Waals surface area contributed by atoms with E-state index < -0.39 is 0 Å². The molecule has 17 heavy (non-hydrogen) atoms. The van der Waals surface area contributed by atoms with Crippen LogP contribution in [0.25, 0.3) is 0 Å². The molecule has 3 heteroatoms. The summed E-state index contributed by atoms with van der Waals surface area (Å²) < 4.78 is 13.3. The van der Waals surface area contributed by atoms with Crippen molar-refractivity contribution in [2.45, 2.75) is 39.8 Å². The number of hydrogen-bond acceptors (Lipinski definition) is 2. The number of nitriles is 1. The van der Waals surface area contributed by atoms with Crippen LogP contribution in [0.15, 0.2) is 18.2 Å². The van der Waals surface area contributed by atoms with Crippen LogP contribution in [0.4, 0.5) is 4.39 Å². The maximum absolute atomic E-state index is 13.3. The van der Waals surface area contributed by atoms with Gasteiger partial charge >= 0.3 is 0 Å². The highest BCUT2D eigenvalue weighted by Gasteiger charge is 2.10. The lowest BCUT2D eigenvalue weighted by Gasteiger charge is -2.26. The monoisotopic (exact) mass is 234 g/mol. The highest BCUT2D eigenvalue weighted by Crippen LogP contribution is 2.13. The normalized spacial score (nSPS) is 10.9. The van der Waals surface area contributed by atoms with Crippen molar-refractivity contribution in [3.05, 3.63) is 35.1 Å². The van der Waals surface area contributed by atoms with Crippen LogP contribution in [-0.2, 0) is 6.54 Å². The van der Waals surface area contributed by atoms with Crippen molar-refractivity contribution in [1.29, 1.82) is 5.26 Å². The van der Waals surface area contributed by atoms with Gasteiger partial charge in [-0.05, 0) is 50.6 Å². The minimum atomic E-state index is -0.334. The average molecular weight is 234 g/mol. The minimum absolute atomic E-state index is 0.334. The van der Waals surface area contributed by atoms with Gasteiger partial charge in [0.1, 0.15) is 5.82 Å². The lowest BCUT2D eigenvalue weighted by atomic mass is 10.1. The van der Waals surface area contributed by atoms with Gasteiger partial charge in [0.2, 0.25) is 0 Å². The number of hydrogen-bond donors (Lipinski definition) is 0. The molecule has 0 saturated heterocycles. The highest BCUT2D eigenvalue weighted by atomic mass is 19.1. The first-order valence-electron chi connectivity index (χ1n) is 6.00. The number of nitrogens with zero attached hydrogens (tertiary/aromatic N) is 2. The summed E-state index contributed by atoms with van der Waals surface area (Å²) >= 11 is 0. The molecule has 0 amide bonds. The van der Waals surface area contributed by atoms with E-state index in [0.29, 0.717) is 18.2 Å². The van der Waals surface area contributed by atoms with E-state index in [1.807, 2.05) is 6.07 Å². The fourth-order valence-corrected chi connectivity index (χ4v) is 1.85. The molecule has 1 aromatic rings. The summed E-state index contributed by atoms with van der Waals surface area (Å²) in [6, 6.07) is 6.94. The smallest absolute Gasteiger partial charge is 0.124 e. The Morgan fingerprint density at radius 3 is 2.59 bits per heavy atom. The Kier molecular flexibility index (Phi) is 5.11. The molecule has 0 aliphatic carbocycles. The third kappa shape index (κ3) is 4.16. The number of benzene rings is 1. The Hall–Kier alpha value is -1.40. The molecular weight excluding hydrogens is 215 g/mol. The fourth-order valence-electron chi connectivity index (χ4n) is 1.85. The zero-order valence-electron chi connectivity index (χ0n) is 10.7. The second-order valence-electron chi connectivity index (χ2n) is 4.52. The Labute approximate surface area is 103 Å². The van der Waals surface area contributed by atoms with Crippen molar-refractivity contribution >= 4 is 0 Å². The Morgan fingerprint density at radius 2 is 2.06 bits per heavy atom. The maximum Gasteiger partial charge on any atom is 0.124 e. The summed E-state index contributed by atoms with van der Waals surface area (Å²) in [5.74, 6) is -0.334. The van der Waals surface area contributed by atoms with Crippen LogP contribution in [0.5, 0.6) is 0 Å². The van der Waals surface area contributed by atoms with Crippen molar-refractivity contribution in [3.8, 4) is 6.07 Å². The van der Waals surface area contributed by atoms with E-state index in [2.05, 4.69) is 25.7 Å². The van der Waals surface area contributed by atoms with Crippen LogP contribution in [0.1, 0.15) is 38.3 Å². The highest BCUT2D eigenvalue weighted by molar-refractivity contribution is 5.33. The third-order valence-electron chi connectivity index (χ3n) is 2.71. The Balaban J connectivity index is 2.85. The molecule has 0 aliphatic heterocycles. The molecule has 0 saturated carbocycles. The molecule has 0 aliphatic rings. The van der Waals surface area contributed by atoms with Crippen molar-refractivity contribution in [3.63, 3.8) is 0 Å². The van der Waals surface area contributed by atoms with E-state index in [0.717, 1.165) is 18.5 Å². The van der Waals surface area contributed by atoms with E-state index >= 15 is 0 Å². The van der Waals surface area contributed by atoms with E-state index in [1.54, 1.807) is 6.07 Å². The first-order chi connectivity index (χ1) is 8.06.